The molecule has 0 aliphatic carbocycles. The first-order chi connectivity index (χ1) is 10.8. The van der Waals surface area contributed by atoms with Gasteiger partial charge >= 0.3 is 11.9 Å². The highest BCUT2D eigenvalue weighted by Gasteiger charge is 2.32. The maximum atomic E-state index is 12.3. The van der Waals surface area contributed by atoms with Crippen LogP contribution < -0.4 is 0 Å². The Morgan fingerprint density at radius 2 is 2.22 bits per heavy atom. The topological polar surface area (TPSA) is 83.3 Å². The fourth-order valence-electron chi connectivity index (χ4n) is 2.85. The number of carbonyl (C=O) groups is 2. The van der Waals surface area contributed by atoms with Crippen molar-refractivity contribution < 1.29 is 19.1 Å². The van der Waals surface area contributed by atoms with E-state index >= 15 is 0 Å². The Hall–Kier alpha value is -2.18. The van der Waals surface area contributed by atoms with Crippen LogP contribution in [0.4, 0.5) is 0 Å². The molecule has 1 aromatic heterocycles. The lowest BCUT2D eigenvalue weighted by molar-refractivity contribution is -0.148. The summed E-state index contributed by atoms with van der Waals surface area (Å²) < 4.78 is 12.2. The molecule has 0 saturated carbocycles. The molecule has 0 amide bonds. The Morgan fingerprint density at radius 1 is 1.43 bits per heavy atom. The third-order valence-electron chi connectivity index (χ3n) is 4.07. The summed E-state index contributed by atoms with van der Waals surface area (Å²) in [5.74, 6) is 0.985. The van der Waals surface area contributed by atoms with Crippen LogP contribution in [0.3, 0.4) is 0 Å². The van der Waals surface area contributed by atoms with Gasteiger partial charge in [-0.15, -0.1) is 10.2 Å². The van der Waals surface area contributed by atoms with Crippen molar-refractivity contribution in [3.8, 4) is 0 Å². The molecule has 0 saturated heterocycles. The van der Waals surface area contributed by atoms with E-state index in [1.54, 1.807) is 0 Å². The third-order valence-corrected chi connectivity index (χ3v) is 4.07. The van der Waals surface area contributed by atoms with Crippen molar-refractivity contribution in [3.05, 3.63) is 23.3 Å². The number of aryl methyl sites for hydroxylation is 1. The number of rotatable bonds is 3. The summed E-state index contributed by atoms with van der Waals surface area (Å²) in [5.41, 5.74) is 0.572. The third kappa shape index (κ3) is 3.28. The number of carbonyl (C=O) groups excluding carboxylic acids is 2. The van der Waals surface area contributed by atoms with Crippen LogP contribution in [-0.2, 0) is 37.4 Å². The number of aromatic nitrogens is 3. The predicted octanol–water partition coefficient (Wildman–Crippen LogP) is 1.16. The smallest absolute Gasteiger partial charge is 0.331 e. The zero-order chi connectivity index (χ0) is 16.6. The molecule has 1 unspecified atom stereocenters. The molecule has 1 aromatic rings. The minimum absolute atomic E-state index is 0.113. The molecule has 0 spiro atoms. The number of esters is 2. The van der Waals surface area contributed by atoms with E-state index in [4.69, 9.17) is 9.47 Å². The Kier molecular flexibility index (Phi) is 3.95. The van der Waals surface area contributed by atoms with Gasteiger partial charge in [0.05, 0.1) is 5.92 Å². The Balaban J connectivity index is 1.64. The molecular weight excluding hydrogens is 298 g/mol. The van der Waals surface area contributed by atoms with Crippen molar-refractivity contribution in [1.29, 1.82) is 0 Å². The second-order valence-electron chi connectivity index (χ2n) is 7.05. The SMILES string of the molecule is CC(C)(C)c1nnc2n1CC(C(=O)OCC1=CC(=O)OC1)CC2. The second-order valence-corrected chi connectivity index (χ2v) is 7.05. The van der Waals surface area contributed by atoms with Crippen LogP contribution in [0.2, 0.25) is 0 Å². The normalized spacial score (nSPS) is 20.7. The van der Waals surface area contributed by atoms with Gasteiger partial charge in [0.15, 0.2) is 0 Å². The molecule has 7 heteroatoms. The van der Waals surface area contributed by atoms with Crippen molar-refractivity contribution in [1.82, 2.24) is 14.8 Å². The number of fused-ring (bicyclic) bond motifs is 1. The fourth-order valence-corrected chi connectivity index (χ4v) is 2.85. The van der Waals surface area contributed by atoms with E-state index in [1.165, 1.54) is 6.08 Å². The zero-order valence-corrected chi connectivity index (χ0v) is 13.7. The molecule has 124 valence electrons. The van der Waals surface area contributed by atoms with Gasteiger partial charge in [-0.05, 0) is 6.42 Å². The van der Waals surface area contributed by atoms with Gasteiger partial charge in [-0.3, -0.25) is 4.79 Å². The standard InChI is InChI=1S/C16H21N3O4/c1-16(2,3)15-18-17-12-5-4-11(7-19(12)15)14(21)23-9-10-6-13(20)22-8-10/h6,11H,4-5,7-9H2,1-3H3. The molecule has 0 fully saturated rings. The number of hydrogen-bond acceptors (Lipinski definition) is 6. The van der Waals surface area contributed by atoms with Gasteiger partial charge in [-0.25, -0.2) is 4.79 Å². The summed E-state index contributed by atoms with van der Waals surface area (Å²) in [6.07, 6.45) is 2.80. The van der Waals surface area contributed by atoms with Gasteiger partial charge in [-0.1, -0.05) is 20.8 Å². The zero-order valence-electron chi connectivity index (χ0n) is 13.7. The molecule has 3 rings (SSSR count). The van der Waals surface area contributed by atoms with Crippen molar-refractivity contribution >= 4 is 11.9 Å². The molecule has 0 aromatic carbocycles. The molecule has 1 atom stereocenters. The molecule has 2 aliphatic heterocycles. The van der Waals surface area contributed by atoms with Gasteiger partial charge in [0.1, 0.15) is 24.9 Å². The molecule has 0 bridgehead atoms. The van der Waals surface area contributed by atoms with Gasteiger partial charge in [0.25, 0.3) is 0 Å². The van der Waals surface area contributed by atoms with Gasteiger partial charge in [0, 0.05) is 30.0 Å². The highest BCUT2D eigenvalue weighted by molar-refractivity contribution is 5.85. The lowest BCUT2D eigenvalue weighted by Gasteiger charge is -2.26. The minimum atomic E-state index is -0.377. The lowest BCUT2D eigenvalue weighted by Crippen LogP contribution is -2.31. The van der Waals surface area contributed by atoms with Crippen LogP contribution in [0, 0.1) is 5.92 Å². The first kappa shape index (κ1) is 15.7. The van der Waals surface area contributed by atoms with Crippen LogP contribution in [-0.4, -0.2) is 39.9 Å². The van der Waals surface area contributed by atoms with Crippen molar-refractivity contribution in [2.24, 2.45) is 5.92 Å². The largest absolute Gasteiger partial charge is 0.461 e. The summed E-state index contributed by atoms with van der Waals surface area (Å²) in [6.45, 7) is 7.10. The van der Waals surface area contributed by atoms with E-state index in [2.05, 4.69) is 31.0 Å². The highest BCUT2D eigenvalue weighted by atomic mass is 16.5. The van der Waals surface area contributed by atoms with Crippen LogP contribution in [0.25, 0.3) is 0 Å². The molecule has 23 heavy (non-hydrogen) atoms. The molecule has 2 aliphatic rings. The summed E-state index contributed by atoms with van der Waals surface area (Å²) in [6, 6.07) is 0. The maximum absolute atomic E-state index is 12.3. The number of ether oxygens (including phenoxy) is 2. The van der Waals surface area contributed by atoms with Crippen LogP contribution in [0.5, 0.6) is 0 Å². The summed E-state index contributed by atoms with van der Waals surface area (Å²) >= 11 is 0. The number of nitrogens with zero attached hydrogens (tertiary/aromatic N) is 3. The average molecular weight is 319 g/mol. The van der Waals surface area contributed by atoms with Crippen LogP contribution in [0.1, 0.15) is 38.8 Å². The fraction of sp³-hybridized carbons (Fsp3) is 0.625. The molecule has 0 radical (unpaired) electrons. The summed E-state index contributed by atoms with van der Waals surface area (Å²) in [7, 11) is 0. The van der Waals surface area contributed by atoms with Gasteiger partial charge in [0.2, 0.25) is 0 Å². The monoisotopic (exact) mass is 319 g/mol. The molecule has 7 nitrogen and oxygen atoms in total. The van der Waals surface area contributed by atoms with Crippen molar-refractivity contribution in [2.45, 2.75) is 45.6 Å². The Bertz CT molecular complexity index is 669. The predicted molar refractivity (Wildman–Crippen MR) is 80.5 cm³/mol. The van der Waals surface area contributed by atoms with Crippen LogP contribution in [0.15, 0.2) is 11.6 Å². The van der Waals surface area contributed by atoms with E-state index < -0.39 is 0 Å². The summed E-state index contributed by atoms with van der Waals surface area (Å²) in [4.78, 5) is 23.3. The number of cyclic esters (lactones) is 1. The van der Waals surface area contributed by atoms with Crippen molar-refractivity contribution in [3.63, 3.8) is 0 Å². The van der Waals surface area contributed by atoms with Crippen molar-refractivity contribution in [2.75, 3.05) is 13.2 Å². The first-order valence-electron chi connectivity index (χ1n) is 7.80. The first-order valence-corrected chi connectivity index (χ1v) is 7.80. The van der Waals surface area contributed by atoms with Gasteiger partial charge < -0.3 is 14.0 Å². The van der Waals surface area contributed by atoms with E-state index in [1.807, 2.05) is 4.57 Å². The Morgan fingerprint density at radius 3 is 2.87 bits per heavy atom. The van der Waals surface area contributed by atoms with Gasteiger partial charge in [-0.2, -0.15) is 0 Å². The molecular formula is C16H21N3O4. The number of hydrogen-bond donors (Lipinski definition) is 0. The van der Waals surface area contributed by atoms with Crippen LogP contribution >= 0.6 is 0 Å². The maximum Gasteiger partial charge on any atom is 0.331 e. The highest BCUT2D eigenvalue weighted by Crippen LogP contribution is 2.27. The minimum Gasteiger partial charge on any atom is -0.461 e. The average Bonchev–Trinajstić information content (AvgIpc) is 3.09. The molecule has 0 N–H and O–H groups in total. The van der Waals surface area contributed by atoms with E-state index in [-0.39, 0.29) is 36.5 Å². The lowest BCUT2D eigenvalue weighted by atomic mass is 9.93. The van der Waals surface area contributed by atoms with E-state index in [0.29, 0.717) is 25.0 Å². The second kappa shape index (κ2) is 5.79. The van der Waals surface area contributed by atoms with E-state index in [9.17, 15) is 9.59 Å². The Labute approximate surface area is 134 Å². The molecule has 3 heterocycles. The summed E-state index contributed by atoms with van der Waals surface area (Å²) in [5, 5.41) is 8.51. The quantitative estimate of drug-likeness (QED) is 0.778. The van der Waals surface area contributed by atoms with E-state index in [0.717, 1.165) is 11.6 Å².